The third kappa shape index (κ3) is 5.33. The Bertz CT molecular complexity index is 1650. The molecule has 6 heteroatoms. The molecule has 0 amide bonds. The number of hydrogen-bond donors (Lipinski definition) is 0. The standard InChI is InChI=1S/C30H25BrN2O2S/c1-4-5-21-8-12-23(13-9-21)28(34)25(18-32)30-33(26-16-19(2)6-7-20(26)3)29(35)27(36-30)17-22-10-14-24(31)15-11-22/h6-17H,4-5H2,1-3H3/b27-17-,30-25+. The van der Waals surface area contributed by atoms with Crippen molar-refractivity contribution in [2.45, 2.75) is 33.6 Å². The highest BCUT2D eigenvalue weighted by Gasteiger charge is 2.19. The van der Waals surface area contributed by atoms with Crippen molar-refractivity contribution < 1.29 is 4.79 Å². The Kier molecular flexibility index (Phi) is 7.83. The van der Waals surface area contributed by atoms with Crippen molar-refractivity contribution in [3.05, 3.63) is 119 Å². The molecule has 0 radical (unpaired) electrons. The highest BCUT2D eigenvalue weighted by Crippen LogP contribution is 2.16. The van der Waals surface area contributed by atoms with E-state index in [9.17, 15) is 14.9 Å². The topological polar surface area (TPSA) is 62.9 Å². The molecule has 0 fully saturated rings. The fraction of sp³-hybridized carbons (Fsp3) is 0.167. The fourth-order valence-corrected chi connectivity index (χ4v) is 5.35. The van der Waals surface area contributed by atoms with Gasteiger partial charge in [-0.2, -0.15) is 5.26 Å². The average Bonchev–Trinajstić information content (AvgIpc) is 3.18. The first-order chi connectivity index (χ1) is 17.3. The Hall–Kier alpha value is -3.53. The minimum atomic E-state index is -0.393. The zero-order valence-corrected chi connectivity index (χ0v) is 22.7. The number of hydrogen-bond acceptors (Lipinski definition) is 4. The second kappa shape index (κ2) is 11.0. The number of nitriles is 1. The minimum absolute atomic E-state index is 0.0447. The number of aryl methyl sites for hydroxylation is 3. The number of halogens is 1. The van der Waals surface area contributed by atoms with E-state index in [4.69, 9.17) is 0 Å². The Morgan fingerprint density at radius 2 is 1.75 bits per heavy atom. The summed E-state index contributed by atoms with van der Waals surface area (Å²) in [5.41, 5.74) is 4.65. The van der Waals surface area contributed by atoms with Gasteiger partial charge in [0.15, 0.2) is 0 Å². The van der Waals surface area contributed by atoms with Gasteiger partial charge in [-0.25, -0.2) is 0 Å². The Balaban J connectivity index is 2.01. The summed E-state index contributed by atoms with van der Waals surface area (Å²) in [6, 6.07) is 22.9. The van der Waals surface area contributed by atoms with Gasteiger partial charge in [-0.05, 0) is 66.8 Å². The van der Waals surface area contributed by atoms with Crippen LogP contribution in [0.1, 0.15) is 46.0 Å². The van der Waals surface area contributed by atoms with Crippen molar-refractivity contribution in [3.8, 4) is 11.8 Å². The first kappa shape index (κ1) is 25.6. The maximum absolute atomic E-state index is 13.7. The van der Waals surface area contributed by atoms with Crippen LogP contribution in [0, 0.1) is 25.2 Å². The highest BCUT2D eigenvalue weighted by atomic mass is 79.9. The predicted molar refractivity (Wildman–Crippen MR) is 150 cm³/mol. The number of carbonyl (C=O) groups excluding carboxylic acids is 1. The summed E-state index contributed by atoms with van der Waals surface area (Å²) < 4.78 is 3.24. The molecule has 1 heterocycles. The average molecular weight is 558 g/mol. The molecule has 1 aromatic heterocycles. The van der Waals surface area contributed by atoms with E-state index in [0.29, 0.717) is 20.4 Å². The SMILES string of the molecule is CCCc1ccc(C(=O)/C(C#N)=c2/s/c(=C\c3ccc(Br)cc3)c(=O)n2-c2cc(C)ccc2C)cc1. The van der Waals surface area contributed by atoms with Crippen LogP contribution in [0.3, 0.4) is 0 Å². The summed E-state index contributed by atoms with van der Waals surface area (Å²) in [4.78, 5) is 27.2. The molecule has 0 saturated heterocycles. The molecule has 0 saturated carbocycles. The number of thiazole rings is 1. The van der Waals surface area contributed by atoms with Gasteiger partial charge in [0.2, 0.25) is 5.78 Å². The van der Waals surface area contributed by atoms with Gasteiger partial charge in [0.25, 0.3) is 5.56 Å². The molecule has 0 bridgehead atoms. The monoisotopic (exact) mass is 556 g/mol. The molecule has 4 nitrogen and oxygen atoms in total. The van der Waals surface area contributed by atoms with Gasteiger partial charge < -0.3 is 0 Å². The zero-order valence-electron chi connectivity index (χ0n) is 20.3. The molecule has 4 aromatic rings. The lowest BCUT2D eigenvalue weighted by Gasteiger charge is -2.09. The van der Waals surface area contributed by atoms with Gasteiger partial charge in [-0.3, -0.25) is 14.2 Å². The van der Waals surface area contributed by atoms with Gasteiger partial charge in [-0.1, -0.05) is 77.8 Å². The largest absolute Gasteiger partial charge is 0.288 e. The van der Waals surface area contributed by atoms with E-state index in [1.54, 1.807) is 18.2 Å². The molecule has 3 aromatic carbocycles. The van der Waals surface area contributed by atoms with Crippen LogP contribution < -0.4 is 14.8 Å². The third-order valence-corrected chi connectivity index (χ3v) is 7.53. The summed E-state index contributed by atoms with van der Waals surface area (Å²) in [7, 11) is 0. The van der Waals surface area contributed by atoms with E-state index in [1.807, 2.05) is 68.4 Å². The van der Waals surface area contributed by atoms with Gasteiger partial charge in [0.1, 0.15) is 16.3 Å². The molecule has 0 unspecified atom stereocenters. The number of benzene rings is 3. The van der Waals surface area contributed by atoms with E-state index in [-0.39, 0.29) is 11.1 Å². The second-order valence-electron chi connectivity index (χ2n) is 8.66. The number of carbonyl (C=O) groups is 1. The van der Waals surface area contributed by atoms with Gasteiger partial charge >= 0.3 is 0 Å². The normalized spacial score (nSPS) is 12.4. The smallest absolute Gasteiger partial charge is 0.273 e. The van der Waals surface area contributed by atoms with Crippen LogP contribution in [0.25, 0.3) is 17.3 Å². The summed E-state index contributed by atoms with van der Waals surface area (Å²) in [6.07, 6.45) is 3.73. The first-order valence-electron chi connectivity index (χ1n) is 11.7. The molecule has 4 rings (SSSR count). The van der Waals surface area contributed by atoms with Crippen molar-refractivity contribution in [2.75, 3.05) is 0 Å². The van der Waals surface area contributed by atoms with Gasteiger partial charge in [0, 0.05) is 10.0 Å². The lowest BCUT2D eigenvalue weighted by molar-refractivity contribution is 0.105. The zero-order chi connectivity index (χ0) is 25.8. The van der Waals surface area contributed by atoms with E-state index in [1.165, 1.54) is 4.57 Å². The number of ketones is 1. The molecule has 36 heavy (non-hydrogen) atoms. The Morgan fingerprint density at radius 1 is 1.06 bits per heavy atom. The Labute approximate surface area is 222 Å². The van der Waals surface area contributed by atoms with Crippen molar-refractivity contribution in [3.63, 3.8) is 0 Å². The van der Waals surface area contributed by atoms with Crippen LogP contribution in [-0.4, -0.2) is 10.4 Å². The van der Waals surface area contributed by atoms with E-state index >= 15 is 0 Å². The molecule has 0 atom stereocenters. The Morgan fingerprint density at radius 3 is 2.39 bits per heavy atom. The first-order valence-corrected chi connectivity index (χ1v) is 13.3. The van der Waals surface area contributed by atoms with Gasteiger partial charge in [0.05, 0.1) is 10.2 Å². The summed E-state index contributed by atoms with van der Waals surface area (Å²) in [5, 5.41) is 10.1. The highest BCUT2D eigenvalue weighted by molar-refractivity contribution is 9.10. The quantitative estimate of drug-likeness (QED) is 0.290. The lowest BCUT2D eigenvalue weighted by Crippen LogP contribution is -2.32. The summed E-state index contributed by atoms with van der Waals surface area (Å²) in [6.45, 7) is 5.97. The third-order valence-electron chi connectivity index (χ3n) is 5.90. The summed E-state index contributed by atoms with van der Waals surface area (Å²) >= 11 is 4.60. The van der Waals surface area contributed by atoms with Crippen molar-refractivity contribution >= 4 is 44.7 Å². The van der Waals surface area contributed by atoms with Crippen LogP contribution in [0.2, 0.25) is 0 Å². The molecule has 0 aliphatic carbocycles. The lowest BCUT2D eigenvalue weighted by atomic mass is 10.0. The molecule has 0 N–H and O–H groups in total. The van der Waals surface area contributed by atoms with Crippen LogP contribution >= 0.6 is 27.3 Å². The predicted octanol–water partition coefficient (Wildman–Crippen LogP) is 5.62. The summed E-state index contributed by atoms with van der Waals surface area (Å²) in [5.74, 6) is -0.393. The second-order valence-corrected chi connectivity index (χ2v) is 10.6. The molecular weight excluding hydrogens is 532 g/mol. The van der Waals surface area contributed by atoms with Gasteiger partial charge in [-0.15, -0.1) is 11.3 Å². The number of aromatic nitrogens is 1. The maximum atomic E-state index is 13.7. The molecule has 0 aliphatic heterocycles. The molecule has 0 spiro atoms. The maximum Gasteiger partial charge on any atom is 0.273 e. The van der Waals surface area contributed by atoms with E-state index in [2.05, 4.69) is 28.9 Å². The van der Waals surface area contributed by atoms with Crippen molar-refractivity contribution in [2.24, 2.45) is 0 Å². The van der Waals surface area contributed by atoms with Crippen LogP contribution in [0.4, 0.5) is 0 Å². The minimum Gasteiger partial charge on any atom is -0.288 e. The van der Waals surface area contributed by atoms with Crippen molar-refractivity contribution in [1.82, 2.24) is 4.57 Å². The molecule has 0 aliphatic rings. The molecule has 180 valence electrons. The van der Waals surface area contributed by atoms with Crippen LogP contribution in [0.5, 0.6) is 0 Å². The fourth-order valence-electron chi connectivity index (χ4n) is 3.99. The van der Waals surface area contributed by atoms with Crippen molar-refractivity contribution in [1.29, 1.82) is 5.26 Å². The number of Topliss-reactive ketones (excluding diaryl/α,β-unsaturated/α-hetero) is 1. The number of rotatable bonds is 6. The van der Waals surface area contributed by atoms with Crippen LogP contribution in [-0.2, 0) is 6.42 Å². The van der Waals surface area contributed by atoms with E-state index in [0.717, 1.165) is 50.9 Å². The van der Waals surface area contributed by atoms with Crippen LogP contribution in [0.15, 0.2) is 76.0 Å². The van der Waals surface area contributed by atoms with E-state index < -0.39 is 5.78 Å². The molecular formula is C30H25BrN2O2S. The number of nitrogens with zero attached hydrogens (tertiary/aromatic N) is 2.